The van der Waals surface area contributed by atoms with Gasteiger partial charge in [-0.25, -0.2) is 9.18 Å². The molecule has 1 aliphatic carbocycles. The smallest absolute Gasteiger partial charge is 0.338 e. The Kier molecular flexibility index (Phi) is 5.12. The van der Waals surface area contributed by atoms with E-state index in [2.05, 4.69) is 6.92 Å². The maximum Gasteiger partial charge on any atom is 0.338 e. The minimum Gasteiger partial charge on any atom is -0.478 e. The maximum atomic E-state index is 13.5. The van der Waals surface area contributed by atoms with Crippen molar-refractivity contribution in [3.63, 3.8) is 0 Å². The highest BCUT2D eigenvalue weighted by molar-refractivity contribution is 5.87. The molecule has 0 aliphatic heterocycles. The van der Waals surface area contributed by atoms with E-state index in [9.17, 15) is 9.18 Å². The van der Waals surface area contributed by atoms with Gasteiger partial charge < -0.3 is 9.84 Å². The predicted molar refractivity (Wildman–Crippen MR) is 74.2 cm³/mol. The zero-order valence-corrected chi connectivity index (χ0v) is 11.8. The summed E-state index contributed by atoms with van der Waals surface area (Å²) in [5.41, 5.74) is 0.392. The summed E-state index contributed by atoms with van der Waals surface area (Å²) in [4.78, 5) is 10.7. The number of rotatable bonds is 5. The van der Waals surface area contributed by atoms with Crippen molar-refractivity contribution in [3.8, 4) is 0 Å². The number of hydrogen-bond acceptors (Lipinski definition) is 2. The van der Waals surface area contributed by atoms with Crippen LogP contribution >= 0.6 is 0 Å². The van der Waals surface area contributed by atoms with Crippen molar-refractivity contribution in [2.24, 2.45) is 5.92 Å². The predicted octanol–water partition coefficient (Wildman–Crippen LogP) is 4.01. The van der Waals surface area contributed by atoms with Crippen molar-refractivity contribution in [1.29, 1.82) is 0 Å². The molecule has 2 unspecified atom stereocenters. The van der Waals surface area contributed by atoms with Crippen LogP contribution in [0.2, 0.25) is 0 Å². The Hall–Kier alpha value is -1.42. The van der Waals surface area contributed by atoms with Gasteiger partial charge >= 0.3 is 5.97 Å². The first kappa shape index (κ1) is 15.0. The van der Waals surface area contributed by atoms with E-state index in [1.165, 1.54) is 31.4 Å². The van der Waals surface area contributed by atoms with Gasteiger partial charge in [0.25, 0.3) is 0 Å². The van der Waals surface area contributed by atoms with Gasteiger partial charge in [0.15, 0.2) is 0 Å². The zero-order chi connectivity index (χ0) is 14.5. The molecule has 2 atom stereocenters. The molecule has 1 aromatic carbocycles. The van der Waals surface area contributed by atoms with Crippen molar-refractivity contribution in [3.05, 3.63) is 35.1 Å². The van der Waals surface area contributed by atoms with Crippen LogP contribution in [0.5, 0.6) is 0 Å². The van der Waals surface area contributed by atoms with E-state index in [0.717, 1.165) is 18.8 Å². The van der Waals surface area contributed by atoms with E-state index < -0.39 is 11.8 Å². The number of ether oxygens (including phenoxy) is 1. The van der Waals surface area contributed by atoms with Crippen LogP contribution in [-0.4, -0.2) is 17.2 Å². The molecule has 0 radical (unpaired) electrons. The lowest BCUT2D eigenvalue weighted by Crippen LogP contribution is -2.22. The molecule has 1 saturated carbocycles. The summed E-state index contributed by atoms with van der Waals surface area (Å²) in [5.74, 6) is -1.21. The van der Waals surface area contributed by atoms with E-state index in [0.29, 0.717) is 12.2 Å². The van der Waals surface area contributed by atoms with Crippen LogP contribution in [0.1, 0.15) is 54.9 Å². The van der Waals surface area contributed by atoms with Gasteiger partial charge in [-0.15, -0.1) is 0 Å². The number of benzene rings is 1. The quantitative estimate of drug-likeness (QED) is 0.886. The topological polar surface area (TPSA) is 46.5 Å². The van der Waals surface area contributed by atoms with Gasteiger partial charge in [0.1, 0.15) is 5.82 Å². The highest BCUT2D eigenvalue weighted by Gasteiger charge is 2.21. The molecule has 1 aliphatic rings. The molecule has 4 heteroatoms. The highest BCUT2D eigenvalue weighted by atomic mass is 19.1. The third-order valence-electron chi connectivity index (χ3n) is 4.06. The fourth-order valence-electron chi connectivity index (χ4n) is 2.80. The molecule has 2 rings (SSSR count). The van der Waals surface area contributed by atoms with Gasteiger partial charge in [0.2, 0.25) is 0 Å². The van der Waals surface area contributed by atoms with Crippen LogP contribution < -0.4 is 0 Å². The second-order valence-corrected chi connectivity index (χ2v) is 5.49. The zero-order valence-electron chi connectivity index (χ0n) is 11.8. The fraction of sp³-hybridized carbons (Fsp3) is 0.562. The summed E-state index contributed by atoms with van der Waals surface area (Å²) in [6.45, 7) is 2.55. The summed E-state index contributed by atoms with van der Waals surface area (Å²) in [6.07, 6.45) is 6.03. The molecule has 0 heterocycles. The van der Waals surface area contributed by atoms with Crippen LogP contribution in [0, 0.1) is 11.7 Å². The minimum atomic E-state index is -1.24. The van der Waals surface area contributed by atoms with Crippen molar-refractivity contribution < 1.29 is 19.0 Å². The van der Waals surface area contributed by atoms with Crippen LogP contribution in [0.4, 0.5) is 4.39 Å². The normalized spacial score (nSPS) is 22.7. The van der Waals surface area contributed by atoms with Crippen molar-refractivity contribution in [2.75, 3.05) is 0 Å². The van der Waals surface area contributed by atoms with Crippen LogP contribution in [0.3, 0.4) is 0 Å². The van der Waals surface area contributed by atoms with Crippen LogP contribution in [-0.2, 0) is 11.3 Å². The largest absolute Gasteiger partial charge is 0.478 e. The van der Waals surface area contributed by atoms with E-state index in [4.69, 9.17) is 9.84 Å². The SMILES string of the molecule is CCC1CCCC(OCc2ccc(C(=O)O)c(F)c2)C1. The maximum absolute atomic E-state index is 13.5. The fourth-order valence-corrected chi connectivity index (χ4v) is 2.80. The third-order valence-corrected chi connectivity index (χ3v) is 4.06. The Morgan fingerprint density at radius 3 is 2.90 bits per heavy atom. The number of hydrogen-bond donors (Lipinski definition) is 1. The minimum absolute atomic E-state index is 0.246. The number of carboxylic acids is 1. The highest BCUT2D eigenvalue weighted by Crippen LogP contribution is 2.29. The van der Waals surface area contributed by atoms with E-state index in [-0.39, 0.29) is 11.7 Å². The Balaban J connectivity index is 1.91. The molecule has 1 fully saturated rings. The Bertz CT molecular complexity index is 473. The second-order valence-electron chi connectivity index (χ2n) is 5.49. The van der Waals surface area contributed by atoms with Gasteiger partial charge in [0, 0.05) is 0 Å². The molecule has 0 spiro atoms. The Labute approximate surface area is 118 Å². The standard InChI is InChI=1S/C16H21FO3/c1-2-11-4-3-5-13(8-11)20-10-12-6-7-14(16(18)19)15(17)9-12/h6-7,9,11,13H,2-5,8,10H2,1H3,(H,18,19). The number of halogens is 1. The first-order valence-electron chi connectivity index (χ1n) is 7.23. The van der Waals surface area contributed by atoms with Crippen molar-refractivity contribution in [1.82, 2.24) is 0 Å². The van der Waals surface area contributed by atoms with Gasteiger partial charge in [-0.1, -0.05) is 32.3 Å². The van der Waals surface area contributed by atoms with Crippen molar-refractivity contribution in [2.45, 2.75) is 51.7 Å². The lowest BCUT2D eigenvalue weighted by Gasteiger charge is -2.28. The van der Waals surface area contributed by atoms with Gasteiger partial charge in [0.05, 0.1) is 18.3 Å². The molecule has 1 aromatic rings. The molecular weight excluding hydrogens is 259 g/mol. The van der Waals surface area contributed by atoms with Gasteiger partial charge in [-0.3, -0.25) is 0 Å². The van der Waals surface area contributed by atoms with E-state index in [1.807, 2.05) is 0 Å². The molecule has 0 aromatic heterocycles. The summed E-state index contributed by atoms with van der Waals surface area (Å²) in [5, 5.41) is 8.78. The number of aromatic carboxylic acids is 1. The summed E-state index contributed by atoms with van der Waals surface area (Å²) < 4.78 is 19.4. The molecule has 0 amide bonds. The molecule has 3 nitrogen and oxygen atoms in total. The average Bonchev–Trinajstić information content (AvgIpc) is 2.45. The first-order valence-corrected chi connectivity index (χ1v) is 7.23. The second kappa shape index (κ2) is 6.84. The molecule has 20 heavy (non-hydrogen) atoms. The van der Waals surface area contributed by atoms with Crippen LogP contribution in [0.25, 0.3) is 0 Å². The van der Waals surface area contributed by atoms with Crippen molar-refractivity contribution >= 4 is 5.97 Å². The van der Waals surface area contributed by atoms with Gasteiger partial charge in [-0.2, -0.15) is 0 Å². The van der Waals surface area contributed by atoms with E-state index in [1.54, 1.807) is 6.07 Å². The monoisotopic (exact) mass is 280 g/mol. The summed E-state index contributed by atoms with van der Waals surface area (Å²) in [6, 6.07) is 4.17. The average molecular weight is 280 g/mol. The molecule has 110 valence electrons. The lowest BCUT2D eigenvalue weighted by atomic mass is 9.85. The molecule has 0 saturated heterocycles. The molecule has 1 N–H and O–H groups in total. The Morgan fingerprint density at radius 2 is 2.25 bits per heavy atom. The lowest BCUT2D eigenvalue weighted by molar-refractivity contribution is 0.00165. The third kappa shape index (κ3) is 3.79. The number of carbonyl (C=O) groups is 1. The molecular formula is C16H21FO3. The number of carboxylic acid groups (broad SMARTS) is 1. The molecule has 0 bridgehead atoms. The Morgan fingerprint density at radius 1 is 1.45 bits per heavy atom. The van der Waals surface area contributed by atoms with E-state index >= 15 is 0 Å². The summed E-state index contributed by atoms with van der Waals surface area (Å²) in [7, 11) is 0. The first-order chi connectivity index (χ1) is 9.60. The van der Waals surface area contributed by atoms with Gasteiger partial charge in [-0.05, 0) is 36.5 Å². The van der Waals surface area contributed by atoms with Crippen LogP contribution in [0.15, 0.2) is 18.2 Å². The summed E-state index contributed by atoms with van der Waals surface area (Å²) >= 11 is 0.